The van der Waals surface area contributed by atoms with Crippen molar-refractivity contribution < 1.29 is 13.2 Å². The van der Waals surface area contributed by atoms with Crippen LogP contribution in [0.3, 0.4) is 0 Å². The van der Waals surface area contributed by atoms with Crippen LogP contribution in [0, 0.1) is 11.3 Å². The fraction of sp³-hybridized carbons (Fsp3) is 0.500. The van der Waals surface area contributed by atoms with Crippen molar-refractivity contribution in [3.63, 3.8) is 0 Å². The molecule has 0 aliphatic carbocycles. The SMILES string of the molecule is COc1cc(N2C[C@H]3CN(S(C)(=O)=O)C[C@@]3(CCc3ccccc3)C2)nc(N)n1. The van der Waals surface area contributed by atoms with Crippen molar-refractivity contribution >= 4 is 21.8 Å². The summed E-state index contributed by atoms with van der Waals surface area (Å²) in [4.78, 5) is 10.6. The van der Waals surface area contributed by atoms with Crippen LogP contribution in [0.5, 0.6) is 5.88 Å². The molecule has 1 aromatic carbocycles. The standard InChI is InChI=1S/C20H27N5O3S/c1-28-18-10-17(22-19(21)23-18)24-11-16-12-25(29(2,26)27)14-20(16,13-24)9-8-15-6-4-3-5-7-15/h3-7,10,16H,8-9,11-14H2,1-2H3,(H2,21,22,23)/t16-,20+/m0/s1. The van der Waals surface area contributed by atoms with Crippen molar-refractivity contribution in [2.45, 2.75) is 12.8 Å². The van der Waals surface area contributed by atoms with Gasteiger partial charge in [-0.25, -0.2) is 12.7 Å². The van der Waals surface area contributed by atoms with Crippen LogP contribution < -0.4 is 15.4 Å². The molecule has 9 heteroatoms. The van der Waals surface area contributed by atoms with Crippen molar-refractivity contribution in [3.05, 3.63) is 42.0 Å². The van der Waals surface area contributed by atoms with Gasteiger partial charge in [0.25, 0.3) is 0 Å². The maximum absolute atomic E-state index is 12.2. The Kier molecular flexibility index (Phi) is 5.12. The highest BCUT2D eigenvalue weighted by atomic mass is 32.2. The topological polar surface area (TPSA) is 102 Å². The molecule has 4 rings (SSSR count). The minimum atomic E-state index is -3.22. The van der Waals surface area contributed by atoms with Crippen LogP contribution in [0.4, 0.5) is 11.8 Å². The van der Waals surface area contributed by atoms with Gasteiger partial charge >= 0.3 is 0 Å². The molecule has 156 valence electrons. The first-order valence-corrected chi connectivity index (χ1v) is 11.6. The van der Waals surface area contributed by atoms with E-state index in [-0.39, 0.29) is 17.3 Å². The predicted molar refractivity (Wildman–Crippen MR) is 112 cm³/mol. The maximum Gasteiger partial charge on any atom is 0.225 e. The lowest BCUT2D eigenvalue weighted by Crippen LogP contribution is -2.37. The third-order valence-electron chi connectivity index (χ3n) is 6.19. The Morgan fingerprint density at radius 2 is 1.97 bits per heavy atom. The molecule has 2 N–H and O–H groups in total. The summed E-state index contributed by atoms with van der Waals surface area (Å²) in [5.41, 5.74) is 7.00. The minimum Gasteiger partial charge on any atom is -0.481 e. The van der Waals surface area contributed by atoms with Crippen molar-refractivity contribution in [2.24, 2.45) is 11.3 Å². The van der Waals surface area contributed by atoms with Crippen LogP contribution >= 0.6 is 0 Å². The second-order valence-electron chi connectivity index (χ2n) is 8.11. The summed E-state index contributed by atoms with van der Waals surface area (Å²) in [6.45, 7) is 2.55. The molecule has 2 aliphatic heterocycles. The molecular weight excluding hydrogens is 390 g/mol. The molecule has 0 amide bonds. The first-order valence-electron chi connectivity index (χ1n) is 9.72. The number of benzene rings is 1. The number of rotatable bonds is 6. The molecule has 2 atom stereocenters. The van der Waals surface area contributed by atoms with Crippen molar-refractivity contribution in [1.29, 1.82) is 0 Å². The number of fused-ring (bicyclic) bond motifs is 1. The Labute approximate surface area is 171 Å². The third kappa shape index (κ3) is 4.02. The third-order valence-corrected chi connectivity index (χ3v) is 7.41. The zero-order chi connectivity index (χ0) is 20.6. The number of hydrogen-bond acceptors (Lipinski definition) is 7. The summed E-state index contributed by atoms with van der Waals surface area (Å²) in [6.07, 6.45) is 3.13. The monoisotopic (exact) mass is 417 g/mol. The summed E-state index contributed by atoms with van der Waals surface area (Å²) < 4.78 is 31.3. The highest BCUT2D eigenvalue weighted by Gasteiger charge is 2.54. The van der Waals surface area contributed by atoms with Gasteiger partial charge in [-0.1, -0.05) is 30.3 Å². The van der Waals surface area contributed by atoms with Crippen LogP contribution in [-0.2, 0) is 16.4 Å². The van der Waals surface area contributed by atoms with Crippen LogP contribution in [0.2, 0.25) is 0 Å². The first kappa shape index (κ1) is 19.9. The number of aryl methyl sites for hydroxylation is 1. The number of hydrogen-bond donors (Lipinski definition) is 1. The summed E-state index contributed by atoms with van der Waals surface area (Å²) in [7, 11) is -1.66. The van der Waals surface area contributed by atoms with E-state index >= 15 is 0 Å². The molecule has 2 saturated heterocycles. The van der Waals surface area contributed by atoms with Gasteiger partial charge in [-0.05, 0) is 24.3 Å². The lowest BCUT2D eigenvalue weighted by molar-refractivity contribution is 0.267. The quantitative estimate of drug-likeness (QED) is 0.758. The summed E-state index contributed by atoms with van der Waals surface area (Å²) in [5.74, 6) is 1.57. The Morgan fingerprint density at radius 3 is 2.66 bits per heavy atom. The fourth-order valence-electron chi connectivity index (χ4n) is 4.65. The van der Waals surface area contributed by atoms with Gasteiger partial charge in [-0.2, -0.15) is 9.97 Å². The van der Waals surface area contributed by atoms with Gasteiger partial charge in [0.05, 0.1) is 13.4 Å². The van der Waals surface area contributed by atoms with Crippen molar-refractivity contribution in [1.82, 2.24) is 14.3 Å². The van der Waals surface area contributed by atoms with Gasteiger partial charge in [-0.3, -0.25) is 0 Å². The number of aromatic nitrogens is 2. The highest BCUT2D eigenvalue weighted by Crippen LogP contribution is 2.47. The van der Waals surface area contributed by atoms with E-state index in [2.05, 4.69) is 27.0 Å². The lowest BCUT2D eigenvalue weighted by Gasteiger charge is -2.29. The van der Waals surface area contributed by atoms with E-state index in [0.717, 1.165) is 31.7 Å². The number of ether oxygens (including phenoxy) is 1. The number of methoxy groups -OCH3 is 1. The molecule has 2 fully saturated rings. The average Bonchev–Trinajstić information content (AvgIpc) is 3.21. The second-order valence-corrected chi connectivity index (χ2v) is 10.1. The molecule has 2 aromatic rings. The Hall–Kier alpha value is -2.39. The second kappa shape index (κ2) is 7.46. The molecule has 0 unspecified atom stereocenters. The summed E-state index contributed by atoms with van der Waals surface area (Å²) in [6, 6.07) is 12.1. The maximum atomic E-state index is 12.2. The number of nitrogens with zero attached hydrogens (tertiary/aromatic N) is 4. The predicted octanol–water partition coefficient (Wildman–Crippen LogP) is 1.40. The van der Waals surface area contributed by atoms with E-state index in [4.69, 9.17) is 10.5 Å². The molecule has 0 saturated carbocycles. The fourth-order valence-corrected chi connectivity index (χ4v) is 5.59. The Balaban J connectivity index is 1.60. The van der Waals surface area contributed by atoms with E-state index in [1.54, 1.807) is 17.5 Å². The lowest BCUT2D eigenvalue weighted by atomic mass is 9.76. The van der Waals surface area contributed by atoms with Crippen LogP contribution in [0.25, 0.3) is 0 Å². The molecule has 2 aliphatic rings. The van der Waals surface area contributed by atoms with Crippen molar-refractivity contribution in [3.8, 4) is 5.88 Å². The van der Waals surface area contributed by atoms with Gasteiger partial charge in [0.15, 0.2) is 0 Å². The Bertz CT molecular complexity index is 985. The van der Waals surface area contributed by atoms with Crippen LogP contribution in [0.1, 0.15) is 12.0 Å². The van der Waals surface area contributed by atoms with Gasteiger partial charge in [-0.15, -0.1) is 0 Å². The molecule has 3 heterocycles. The molecule has 0 spiro atoms. The number of nitrogens with two attached hydrogens (primary N) is 1. The number of anilines is 2. The summed E-state index contributed by atoms with van der Waals surface area (Å²) in [5, 5.41) is 0. The van der Waals surface area contributed by atoms with Gasteiger partial charge in [0.1, 0.15) is 5.82 Å². The molecule has 8 nitrogen and oxygen atoms in total. The molecule has 0 radical (unpaired) electrons. The largest absolute Gasteiger partial charge is 0.481 e. The van der Waals surface area contributed by atoms with Crippen molar-refractivity contribution in [2.75, 3.05) is 50.2 Å². The van der Waals surface area contributed by atoms with E-state index in [9.17, 15) is 8.42 Å². The van der Waals surface area contributed by atoms with E-state index < -0.39 is 10.0 Å². The van der Waals surface area contributed by atoms with E-state index in [1.807, 2.05) is 18.2 Å². The van der Waals surface area contributed by atoms with Gasteiger partial charge < -0.3 is 15.4 Å². The van der Waals surface area contributed by atoms with Gasteiger partial charge in [0, 0.05) is 37.7 Å². The zero-order valence-corrected chi connectivity index (χ0v) is 17.6. The van der Waals surface area contributed by atoms with Gasteiger partial charge in [0.2, 0.25) is 21.9 Å². The normalized spacial score (nSPS) is 24.6. The molecule has 0 bridgehead atoms. The minimum absolute atomic E-state index is 0.119. The average molecular weight is 418 g/mol. The van der Waals surface area contributed by atoms with Crippen LogP contribution in [0.15, 0.2) is 36.4 Å². The zero-order valence-electron chi connectivity index (χ0n) is 16.8. The number of sulfonamides is 1. The highest BCUT2D eigenvalue weighted by molar-refractivity contribution is 7.88. The van der Waals surface area contributed by atoms with E-state index in [0.29, 0.717) is 19.0 Å². The number of nitrogen functional groups attached to an aromatic ring is 1. The first-order chi connectivity index (χ1) is 13.8. The summed E-state index contributed by atoms with van der Waals surface area (Å²) >= 11 is 0. The Morgan fingerprint density at radius 1 is 1.21 bits per heavy atom. The van der Waals surface area contributed by atoms with Crippen LogP contribution in [-0.4, -0.2) is 62.2 Å². The van der Waals surface area contributed by atoms with E-state index in [1.165, 1.54) is 11.8 Å². The smallest absolute Gasteiger partial charge is 0.225 e. The molecule has 1 aromatic heterocycles. The molecule has 29 heavy (non-hydrogen) atoms. The molecular formula is C20H27N5O3S.